The highest BCUT2D eigenvalue weighted by atomic mass is 16.3. The number of hydrogen-bond donors (Lipinski definition) is 2. The smallest absolute Gasteiger partial charge is 0.223 e. The predicted octanol–water partition coefficient (Wildman–Crippen LogP) is 1.39. The van der Waals surface area contributed by atoms with Gasteiger partial charge in [0.2, 0.25) is 5.91 Å². The molecule has 110 valence electrons. The van der Waals surface area contributed by atoms with Crippen LogP contribution in [0.1, 0.15) is 44.9 Å². The van der Waals surface area contributed by atoms with Crippen LogP contribution in [0.25, 0.3) is 0 Å². The number of hydrogen-bond acceptors (Lipinski definition) is 3. The Morgan fingerprint density at radius 3 is 2.63 bits per heavy atom. The second-order valence-corrected chi connectivity index (χ2v) is 6.34. The first-order valence-electron chi connectivity index (χ1n) is 7.79. The normalized spacial score (nSPS) is 33.1. The number of likely N-dealkylation sites (tertiary alicyclic amines) is 1. The molecule has 1 aliphatic heterocycles. The number of rotatable bonds is 4. The van der Waals surface area contributed by atoms with Crippen LogP contribution in [0.2, 0.25) is 0 Å². The van der Waals surface area contributed by atoms with Gasteiger partial charge in [0, 0.05) is 25.1 Å². The zero-order valence-electron chi connectivity index (χ0n) is 12.1. The molecule has 1 unspecified atom stereocenters. The topological polar surface area (TPSA) is 52.6 Å². The van der Waals surface area contributed by atoms with E-state index in [2.05, 4.69) is 17.3 Å². The van der Waals surface area contributed by atoms with E-state index in [0.29, 0.717) is 12.0 Å². The number of piperidine rings is 1. The summed E-state index contributed by atoms with van der Waals surface area (Å²) in [4.78, 5) is 14.6. The predicted molar refractivity (Wildman–Crippen MR) is 75.8 cm³/mol. The number of nitrogens with zero attached hydrogens (tertiary/aromatic N) is 1. The largest absolute Gasteiger partial charge is 0.396 e. The fourth-order valence-corrected chi connectivity index (χ4v) is 3.50. The highest BCUT2D eigenvalue weighted by Gasteiger charge is 2.28. The average Bonchev–Trinajstić information content (AvgIpc) is 2.40. The molecule has 0 radical (unpaired) electrons. The van der Waals surface area contributed by atoms with Crippen molar-refractivity contribution in [2.45, 2.75) is 51.0 Å². The van der Waals surface area contributed by atoms with Gasteiger partial charge in [0.05, 0.1) is 0 Å². The second kappa shape index (κ2) is 7.25. The maximum atomic E-state index is 12.3. The Labute approximate surface area is 116 Å². The zero-order chi connectivity index (χ0) is 13.7. The van der Waals surface area contributed by atoms with Gasteiger partial charge in [-0.05, 0) is 64.5 Å². The van der Waals surface area contributed by atoms with Crippen molar-refractivity contribution in [3.63, 3.8) is 0 Å². The third-order valence-electron chi connectivity index (χ3n) is 4.73. The number of aliphatic hydroxyl groups excluding tert-OH is 1. The number of nitrogens with one attached hydrogen (secondary N) is 1. The molecule has 0 aromatic rings. The number of aliphatic hydroxyl groups is 1. The zero-order valence-corrected chi connectivity index (χ0v) is 12.1. The van der Waals surface area contributed by atoms with Crippen LogP contribution in [-0.4, -0.2) is 48.7 Å². The number of carbonyl (C=O) groups is 1. The molecule has 2 fully saturated rings. The molecule has 0 spiro atoms. The van der Waals surface area contributed by atoms with Gasteiger partial charge in [0.1, 0.15) is 0 Å². The van der Waals surface area contributed by atoms with Crippen LogP contribution in [0.3, 0.4) is 0 Å². The molecule has 1 atom stereocenters. The van der Waals surface area contributed by atoms with Crippen molar-refractivity contribution in [1.29, 1.82) is 0 Å². The average molecular weight is 268 g/mol. The monoisotopic (exact) mass is 268 g/mol. The standard InChI is InChI=1S/C15H28N2O2/c1-17-9-2-3-14(11-17)16-15(19)13-6-4-12(5-7-13)8-10-18/h12-14,18H,2-11H2,1H3,(H,16,19). The lowest BCUT2D eigenvalue weighted by Crippen LogP contribution is -2.48. The van der Waals surface area contributed by atoms with E-state index in [1.807, 2.05) is 0 Å². The number of amides is 1. The SMILES string of the molecule is CN1CCCC(NC(=O)C2CCC(CCO)CC2)C1. The van der Waals surface area contributed by atoms with E-state index in [0.717, 1.165) is 51.6 Å². The summed E-state index contributed by atoms with van der Waals surface area (Å²) in [6.45, 7) is 2.43. The fraction of sp³-hybridized carbons (Fsp3) is 0.933. The van der Waals surface area contributed by atoms with Crippen molar-refractivity contribution in [3.05, 3.63) is 0 Å². The molecule has 19 heavy (non-hydrogen) atoms. The molecule has 0 bridgehead atoms. The van der Waals surface area contributed by atoms with Crippen molar-refractivity contribution in [3.8, 4) is 0 Å². The second-order valence-electron chi connectivity index (χ2n) is 6.34. The molecule has 1 saturated carbocycles. The minimum Gasteiger partial charge on any atom is -0.396 e. The summed E-state index contributed by atoms with van der Waals surface area (Å²) < 4.78 is 0. The molecule has 2 N–H and O–H groups in total. The van der Waals surface area contributed by atoms with Gasteiger partial charge in [-0.15, -0.1) is 0 Å². The molecular formula is C15H28N2O2. The molecule has 1 saturated heterocycles. The quantitative estimate of drug-likeness (QED) is 0.810. The third-order valence-corrected chi connectivity index (χ3v) is 4.73. The first-order chi connectivity index (χ1) is 9.19. The Bertz CT molecular complexity index is 288. The molecule has 4 nitrogen and oxygen atoms in total. The fourth-order valence-electron chi connectivity index (χ4n) is 3.50. The molecule has 1 aliphatic carbocycles. The van der Waals surface area contributed by atoms with Gasteiger partial charge in [-0.2, -0.15) is 0 Å². The Kier molecular flexibility index (Phi) is 5.64. The molecule has 2 rings (SSSR count). The lowest BCUT2D eigenvalue weighted by molar-refractivity contribution is -0.127. The van der Waals surface area contributed by atoms with Crippen LogP contribution in [0.5, 0.6) is 0 Å². The highest BCUT2D eigenvalue weighted by molar-refractivity contribution is 5.79. The number of likely N-dealkylation sites (N-methyl/N-ethyl adjacent to an activating group) is 1. The van der Waals surface area contributed by atoms with Crippen molar-refractivity contribution in [1.82, 2.24) is 10.2 Å². The van der Waals surface area contributed by atoms with Crippen LogP contribution in [-0.2, 0) is 4.79 Å². The van der Waals surface area contributed by atoms with E-state index >= 15 is 0 Å². The van der Waals surface area contributed by atoms with E-state index in [4.69, 9.17) is 5.11 Å². The Hall–Kier alpha value is -0.610. The lowest BCUT2D eigenvalue weighted by Gasteiger charge is -2.33. The molecule has 0 aromatic carbocycles. The van der Waals surface area contributed by atoms with Crippen molar-refractivity contribution in [2.24, 2.45) is 11.8 Å². The van der Waals surface area contributed by atoms with Gasteiger partial charge < -0.3 is 15.3 Å². The summed E-state index contributed by atoms with van der Waals surface area (Å²) in [7, 11) is 2.12. The van der Waals surface area contributed by atoms with Crippen molar-refractivity contribution in [2.75, 3.05) is 26.7 Å². The Balaban J connectivity index is 1.72. The first-order valence-corrected chi connectivity index (χ1v) is 7.79. The van der Waals surface area contributed by atoms with E-state index in [-0.39, 0.29) is 18.4 Å². The summed E-state index contributed by atoms with van der Waals surface area (Å²) in [5, 5.41) is 12.2. The van der Waals surface area contributed by atoms with Crippen molar-refractivity contribution >= 4 is 5.91 Å². The summed E-state index contributed by atoms with van der Waals surface area (Å²) in [6.07, 6.45) is 7.41. The van der Waals surface area contributed by atoms with E-state index in [1.165, 1.54) is 6.42 Å². The molecular weight excluding hydrogens is 240 g/mol. The minimum absolute atomic E-state index is 0.210. The molecule has 0 aromatic heterocycles. The van der Waals surface area contributed by atoms with Gasteiger partial charge in [0.25, 0.3) is 0 Å². The van der Waals surface area contributed by atoms with Crippen molar-refractivity contribution < 1.29 is 9.90 Å². The lowest BCUT2D eigenvalue weighted by atomic mass is 9.80. The summed E-state index contributed by atoms with van der Waals surface area (Å²) >= 11 is 0. The molecule has 1 amide bonds. The summed E-state index contributed by atoms with van der Waals surface area (Å²) in [5.41, 5.74) is 0. The number of carbonyl (C=O) groups excluding carboxylic acids is 1. The summed E-state index contributed by atoms with van der Waals surface area (Å²) in [6, 6.07) is 0.349. The first kappa shape index (κ1) is 14.8. The summed E-state index contributed by atoms with van der Waals surface area (Å²) in [5.74, 6) is 1.11. The maximum absolute atomic E-state index is 12.3. The van der Waals surface area contributed by atoms with Gasteiger partial charge in [0.15, 0.2) is 0 Å². The Morgan fingerprint density at radius 2 is 2.00 bits per heavy atom. The van der Waals surface area contributed by atoms with Crippen LogP contribution in [0.4, 0.5) is 0 Å². The molecule has 4 heteroatoms. The van der Waals surface area contributed by atoms with Crippen LogP contribution in [0.15, 0.2) is 0 Å². The van der Waals surface area contributed by atoms with Gasteiger partial charge in [-0.1, -0.05) is 0 Å². The third kappa shape index (κ3) is 4.46. The van der Waals surface area contributed by atoms with Crippen LogP contribution in [0, 0.1) is 11.8 Å². The molecule has 2 aliphatic rings. The Morgan fingerprint density at radius 1 is 1.26 bits per heavy atom. The minimum atomic E-state index is 0.210. The van der Waals surface area contributed by atoms with Crippen LogP contribution < -0.4 is 5.32 Å². The highest BCUT2D eigenvalue weighted by Crippen LogP contribution is 2.30. The van der Waals surface area contributed by atoms with E-state index < -0.39 is 0 Å². The maximum Gasteiger partial charge on any atom is 0.223 e. The van der Waals surface area contributed by atoms with E-state index in [1.54, 1.807) is 0 Å². The molecule has 1 heterocycles. The van der Waals surface area contributed by atoms with E-state index in [9.17, 15) is 4.79 Å². The van der Waals surface area contributed by atoms with Gasteiger partial charge in [-0.25, -0.2) is 0 Å². The van der Waals surface area contributed by atoms with Gasteiger partial charge >= 0.3 is 0 Å². The van der Waals surface area contributed by atoms with Gasteiger partial charge in [-0.3, -0.25) is 4.79 Å². The van der Waals surface area contributed by atoms with Crippen LogP contribution >= 0.6 is 0 Å².